The van der Waals surface area contributed by atoms with Gasteiger partial charge in [-0.05, 0) is 32.0 Å². The third-order valence-corrected chi connectivity index (χ3v) is 2.86. The van der Waals surface area contributed by atoms with Crippen LogP contribution in [0.3, 0.4) is 0 Å². The van der Waals surface area contributed by atoms with Gasteiger partial charge in [0.1, 0.15) is 18.1 Å². The van der Waals surface area contributed by atoms with Crippen molar-refractivity contribution in [3.8, 4) is 5.75 Å². The number of amides is 1. The highest BCUT2D eigenvalue weighted by atomic mass is 35.5. The van der Waals surface area contributed by atoms with Gasteiger partial charge in [-0.3, -0.25) is 9.59 Å². The molecule has 7 heteroatoms. The molecule has 0 aliphatic rings. The van der Waals surface area contributed by atoms with Crippen molar-refractivity contribution in [2.75, 3.05) is 13.1 Å². The van der Waals surface area contributed by atoms with E-state index in [1.54, 1.807) is 6.92 Å². The molecule has 0 aromatic heterocycles. The molecule has 0 saturated carbocycles. The van der Waals surface area contributed by atoms with E-state index in [1.165, 1.54) is 13.0 Å². The molecule has 0 aliphatic heterocycles. The summed E-state index contributed by atoms with van der Waals surface area (Å²) in [5, 5.41) is 8.76. The Hall–Kier alpha value is -1.82. The molecular formula is C13H15ClFNO4. The van der Waals surface area contributed by atoms with Gasteiger partial charge in [0.15, 0.2) is 6.10 Å². The zero-order chi connectivity index (χ0) is 15.3. The quantitative estimate of drug-likeness (QED) is 0.874. The number of aliphatic carboxylic acids is 1. The predicted octanol–water partition coefficient (Wildman–Crippen LogP) is 2.18. The Bertz CT molecular complexity index is 509. The molecule has 1 aromatic rings. The number of hydrogen-bond donors (Lipinski definition) is 1. The largest absolute Gasteiger partial charge is 0.480 e. The number of benzene rings is 1. The van der Waals surface area contributed by atoms with Gasteiger partial charge in [-0.2, -0.15) is 0 Å². The van der Waals surface area contributed by atoms with Gasteiger partial charge in [-0.15, -0.1) is 0 Å². The van der Waals surface area contributed by atoms with Crippen molar-refractivity contribution < 1.29 is 23.8 Å². The molecule has 0 aliphatic carbocycles. The first kappa shape index (κ1) is 16.2. The van der Waals surface area contributed by atoms with E-state index >= 15 is 0 Å². The van der Waals surface area contributed by atoms with Crippen molar-refractivity contribution in [3.05, 3.63) is 29.0 Å². The van der Waals surface area contributed by atoms with Crippen molar-refractivity contribution in [2.45, 2.75) is 20.0 Å². The molecule has 1 N–H and O–H groups in total. The van der Waals surface area contributed by atoms with Crippen LogP contribution in [0.2, 0.25) is 5.02 Å². The Morgan fingerprint density at radius 1 is 1.50 bits per heavy atom. The van der Waals surface area contributed by atoms with Crippen LogP contribution in [0.4, 0.5) is 4.39 Å². The molecule has 1 aromatic carbocycles. The number of carbonyl (C=O) groups is 2. The van der Waals surface area contributed by atoms with Gasteiger partial charge < -0.3 is 14.7 Å². The smallest absolute Gasteiger partial charge is 0.323 e. The number of rotatable bonds is 6. The third-order valence-electron chi connectivity index (χ3n) is 2.56. The Balaban J connectivity index is 2.76. The average Bonchev–Trinajstić information content (AvgIpc) is 2.38. The number of nitrogens with zero attached hydrogens (tertiary/aromatic N) is 1. The molecule has 1 amide bonds. The number of likely N-dealkylation sites (N-methyl/N-ethyl adjacent to an activating group) is 1. The number of carbonyl (C=O) groups excluding carboxylic acids is 1. The second kappa shape index (κ2) is 7.09. The number of ether oxygens (including phenoxy) is 1. The topological polar surface area (TPSA) is 66.8 Å². The minimum Gasteiger partial charge on any atom is -0.480 e. The number of halogens is 2. The number of hydrogen-bond acceptors (Lipinski definition) is 3. The molecular weight excluding hydrogens is 289 g/mol. The zero-order valence-electron chi connectivity index (χ0n) is 11.1. The maximum absolute atomic E-state index is 12.9. The summed E-state index contributed by atoms with van der Waals surface area (Å²) in [6.45, 7) is 2.99. The van der Waals surface area contributed by atoms with E-state index in [-0.39, 0.29) is 17.3 Å². The highest BCUT2D eigenvalue weighted by molar-refractivity contribution is 6.32. The maximum atomic E-state index is 12.9. The fraction of sp³-hybridized carbons (Fsp3) is 0.385. The lowest BCUT2D eigenvalue weighted by atomic mass is 10.3. The lowest BCUT2D eigenvalue weighted by molar-refractivity contribution is -0.147. The van der Waals surface area contributed by atoms with E-state index in [4.69, 9.17) is 21.4 Å². The average molecular weight is 304 g/mol. The first-order valence-corrected chi connectivity index (χ1v) is 6.35. The van der Waals surface area contributed by atoms with Gasteiger partial charge >= 0.3 is 5.97 Å². The van der Waals surface area contributed by atoms with E-state index in [2.05, 4.69) is 0 Å². The Labute approximate surface area is 120 Å². The van der Waals surface area contributed by atoms with Crippen molar-refractivity contribution in [1.82, 2.24) is 4.90 Å². The summed E-state index contributed by atoms with van der Waals surface area (Å²) in [5.41, 5.74) is 0. The SMILES string of the molecule is CCN(CC(=O)O)C(=O)C(C)Oc1ccc(F)cc1Cl. The maximum Gasteiger partial charge on any atom is 0.323 e. The van der Waals surface area contributed by atoms with Gasteiger partial charge in [-0.25, -0.2) is 4.39 Å². The summed E-state index contributed by atoms with van der Waals surface area (Å²) in [5.74, 6) is -1.93. The third kappa shape index (κ3) is 4.38. The summed E-state index contributed by atoms with van der Waals surface area (Å²) in [7, 11) is 0. The molecule has 0 spiro atoms. The lowest BCUT2D eigenvalue weighted by Gasteiger charge is -2.23. The highest BCUT2D eigenvalue weighted by Gasteiger charge is 2.23. The Morgan fingerprint density at radius 2 is 2.15 bits per heavy atom. The molecule has 110 valence electrons. The van der Waals surface area contributed by atoms with Crippen LogP contribution in [0.25, 0.3) is 0 Å². The molecule has 0 radical (unpaired) electrons. The fourth-order valence-electron chi connectivity index (χ4n) is 1.58. The number of carboxylic acids is 1. The summed E-state index contributed by atoms with van der Waals surface area (Å²) in [4.78, 5) is 23.8. The Morgan fingerprint density at radius 3 is 2.65 bits per heavy atom. The first-order chi connectivity index (χ1) is 9.35. The molecule has 0 heterocycles. The molecule has 0 fully saturated rings. The van der Waals surface area contributed by atoms with E-state index in [0.717, 1.165) is 17.0 Å². The second-order valence-electron chi connectivity index (χ2n) is 4.08. The van der Waals surface area contributed by atoms with Crippen LogP contribution in [0.1, 0.15) is 13.8 Å². The molecule has 0 bridgehead atoms. The lowest BCUT2D eigenvalue weighted by Crippen LogP contribution is -2.43. The predicted molar refractivity (Wildman–Crippen MR) is 71.4 cm³/mol. The van der Waals surface area contributed by atoms with Crippen LogP contribution in [0, 0.1) is 5.82 Å². The van der Waals surface area contributed by atoms with E-state index in [1.807, 2.05) is 0 Å². The van der Waals surface area contributed by atoms with Crippen molar-refractivity contribution in [3.63, 3.8) is 0 Å². The summed E-state index contributed by atoms with van der Waals surface area (Å²) < 4.78 is 18.2. The zero-order valence-corrected chi connectivity index (χ0v) is 11.9. The molecule has 1 rings (SSSR count). The second-order valence-corrected chi connectivity index (χ2v) is 4.49. The summed E-state index contributed by atoms with van der Waals surface area (Å²) in [6.07, 6.45) is -0.919. The minimum absolute atomic E-state index is 0.0472. The summed E-state index contributed by atoms with van der Waals surface area (Å²) in [6, 6.07) is 3.55. The number of carboxylic acid groups (broad SMARTS) is 1. The molecule has 0 saturated heterocycles. The van der Waals surface area contributed by atoms with Crippen LogP contribution < -0.4 is 4.74 Å². The summed E-state index contributed by atoms with van der Waals surface area (Å²) >= 11 is 5.79. The van der Waals surface area contributed by atoms with Crippen LogP contribution >= 0.6 is 11.6 Å². The van der Waals surface area contributed by atoms with Gasteiger partial charge in [0.25, 0.3) is 5.91 Å². The standard InChI is InChI=1S/C13H15ClFNO4/c1-3-16(7-12(17)18)13(19)8(2)20-11-5-4-9(15)6-10(11)14/h4-6,8H,3,7H2,1-2H3,(H,17,18). The van der Waals surface area contributed by atoms with E-state index in [0.29, 0.717) is 0 Å². The van der Waals surface area contributed by atoms with Gasteiger partial charge in [-0.1, -0.05) is 11.6 Å². The van der Waals surface area contributed by atoms with Crippen molar-refractivity contribution >= 4 is 23.5 Å². The van der Waals surface area contributed by atoms with E-state index in [9.17, 15) is 14.0 Å². The van der Waals surface area contributed by atoms with Crippen molar-refractivity contribution in [1.29, 1.82) is 0 Å². The highest BCUT2D eigenvalue weighted by Crippen LogP contribution is 2.26. The molecule has 1 atom stereocenters. The molecule has 1 unspecified atom stereocenters. The van der Waals surface area contributed by atoms with Gasteiger partial charge in [0.05, 0.1) is 5.02 Å². The van der Waals surface area contributed by atoms with Crippen LogP contribution in [0.15, 0.2) is 18.2 Å². The Kier molecular flexibility index (Phi) is 5.76. The van der Waals surface area contributed by atoms with Crippen LogP contribution in [0.5, 0.6) is 5.75 Å². The molecule has 20 heavy (non-hydrogen) atoms. The van der Waals surface area contributed by atoms with E-state index < -0.39 is 30.3 Å². The first-order valence-electron chi connectivity index (χ1n) is 5.97. The van der Waals surface area contributed by atoms with Gasteiger partial charge in [0, 0.05) is 6.54 Å². The van der Waals surface area contributed by atoms with Crippen molar-refractivity contribution in [2.24, 2.45) is 0 Å². The minimum atomic E-state index is -1.10. The normalized spacial score (nSPS) is 11.8. The monoisotopic (exact) mass is 303 g/mol. The van der Waals surface area contributed by atoms with Crippen LogP contribution in [-0.4, -0.2) is 41.1 Å². The fourth-order valence-corrected chi connectivity index (χ4v) is 1.79. The van der Waals surface area contributed by atoms with Crippen LogP contribution in [-0.2, 0) is 9.59 Å². The molecule has 5 nitrogen and oxygen atoms in total. The van der Waals surface area contributed by atoms with Gasteiger partial charge in [0.2, 0.25) is 0 Å².